The number of aromatic nitrogens is 1. The van der Waals surface area contributed by atoms with Gasteiger partial charge in [0, 0.05) is 60.4 Å². The fourth-order valence-electron chi connectivity index (χ4n) is 6.11. The summed E-state index contributed by atoms with van der Waals surface area (Å²) in [6, 6.07) is 10.2. The molecule has 4 heterocycles. The van der Waals surface area contributed by atoms with E-state index in [-0.39, 0.29) is 17.3 Å². The summed E-state index contributed by atoms with van der Waals surface area (Å²) in [5.41, 5.74) is 4.52. The molecule has 6 rings (SSSR count). The Labute approximate surface area is 214 Å². The molecule has 186 valence electrons. The van der Waals surface area contributed by atoms with Gasteiger partial charge in [-0.2, -0.15) is 5.26 Å². The van der Waals surface area contributed by atoms with Gasteiger partial charge in [-0.15, -0.1) is 11.3 Å². The SMILES string of the molecule is CC(C)(C)OC(=O)N1C[C@@H]2CN(c3ccc4c(c3)C(C)(C)c3[nH]c5cc(C#N)sc5c3C4=O)C[C@@H]2C1. The van der Waals surface area contributed by atoms with Gasteiger partial charge in [-0.05, 0) is 50.6 Å². The highest BCUT2D eigenvalue weighted by Gasteiger charge is 2.44. The summed E-state index contributed by atoms with van der Waals surface area (Å²) in [7, 11) is 0. The molecule has 1 aliphatic carbocycles. The standard InChI is InChI=1S/C28H30N4O3S/c1-27(2,3)35-26(34)32-13-15-11-31(12-16(15)14-32)17-6-7-19-20(8-17)28(4,5)25-22(23(19)33)24-21(30-25)9-18(10-29)36-24/h6-9,15-16,30H,11-14H2,1-5H3/t15-,16+. The number of nitriles is 1. The van der Waals surface area contributed by atoms with Gasteiger partial charge in [0.1, 0.15) is 16.5 Å². The van der Waals surface area contributed by atoms with Gasteiger partial charge in [0.05, 0.1) is 15.8 Å². The quantitative estimate of drug-likeness (QED) is 0.489. The molecule has 1 N–H and O–H groups in total. The van der Waals surface area contributed by atoms with Crippen LogP contribution in [0.4, 0.5) is 10.5 Å². The molecule has 36 heavy (non-hydrogen) atoms. The maximum absolute atomic E-state index is 13.6. The van der Waals surface area contributed by atoms with E-state index < -0.39 is 5.60 Å². The van der Waals surface area contributed by atoms with Crippen molar-refractivity contribution in [3.05, 3.63) is 51.5 Å². The molecule has 3 aliphatic rings. The number of nitrogens with zero attached hydrogens (tertiary/aromatic N) is 3. The minimum absolute atomic E-state index is 0.0229. The number of hydrogen-bond acceptors (Lipinski definition) is 6. The number of anilines is 1. The highest BCUT2D eigenvalue weighted by atomic mass is 32.1. The predicted octanol–water partition coefficient (Wildman–Crippen LogP) is 5.27. The first-order valence-corrected chi connectivity index (χ1v) is 13.3. The van der Waals surface area contributed by atoms with Gasteiger partial charge in [0.25, 0.3) is 0 Å². The van der Waals surface area contributed by atoms with Crippen molar-refractivity contribution in [1.29, 1.82) is 5.26 Å². The Hall–Kier alpha value is -3.31. The van der Waals surface area contributed by atoms with Gasteiger partial charge in [0.2, 0.25) is 0 Å². The number of aromatic amines is 1. The summed E-state index contributed by atoms with van der Waals surface area (Å²) in [6.45, 7) is 13.2. The summed E-state index contributed by atoms with van der Waals surface area (Å²) in [4.78, 5) is 34.4. The van der Waals surface area contributed by atoms with Crippen molar-refractivity contribution in [2.75, 3.05) is 31.1 Å². The molecule has 2 atom stereocenters. The highest BCUT2D eigenvalue weighted by molar-refractivity contribution is 7.20. The van der Waals surface area contributed by atoms with E-state index in [2.05, 4.69) is 41.9 Å². The van der Waals surface area contributed by atoms with Crippen LogP contribution in [0, 0.1) is 23.2 Å². The number of hydrogen-bond donors (Lipinski definition) is 1. The van der Waals surface area contributed by atoms with Gasteiger partial charge in [-0.1, -0.05) is 13.8 Å². The normalized spacial score (nSPS) is 22.4. The zero-order valence-corrected chi connectivity index (χ0v) is 22.1. The Kier molecular flexibility index (Phi) is 4.88. The number of amides is 1. The summed E-state index contributed by atoms with van der Waals surface area (Å²) in [5, 5.41) is 9.30. The topological polar surface area (TPSA) is 89.4 Å². The lowest BCUT2D eigenvalue weighted by Gasteiger charge is -2.33. The van der Waals surface area contributed by atoms with E-state index in [1.54, 1.807) is 0 Å². The molecule has 2 aromatic heterocycles. The average Bonchev–Trinajstić information content (AvgIpc) is 3.54. The summed E-state index contributed by atoms with van der Waals surface area (Å²) in [5.74, 6) is 0.855. The average molecular weight is 503 g/mol. The molecule has 0 radical (unpaired) electrons. The molecule has 0 saturated carbocycles. The van der Waals surface area contributed by atoms with Crippen LogP contribution in [0.2, 0.25) is 0 Å². The zero-order chi connectivity index (χ0) is 25.6. The van der Waals surface area contributed by atoms with Crippen LogP contribution >= 0.6 is 11.3 Å². The van der Waals surface area contributed by atoms with E-state index in [1.807, 2.05) is 37.8 Å². The highest BCUT2D eigenvalue weighted by Crippen LogP contribution is 2.47. The third-order valence-corrected chi connectivity index (χ3v) is 8.91. The van der Waals surface area contributed by atoms with Crippen molar-refractivity contribution in [3.8, 4) is 6.07 Å². The zero-order valence-electron chi connectivity index (χ0n) is 21.3. The Balaban J connectivity index is 1.26. The molecule has 0 unspecified atom stereocenters. The second-order valence-electron chi connectivity index (χ2n) is 11.8. The molecule has 0 bridgehead atoms. The molecular formula is C28H30N4O3S. The van der Waals surface area contributed by atoms with Gasteiger partial charge in [-0.25, -0.2) is 4.79 Å². The van der Waals surface area contributed by atoms with Gasteiger partial charge < -0.3 is 19.5 Å². The minimum atomic E-state index is -0.486. The number of thiophene rings is 1. The van der Waals surface area contributed by atoms with Crippen LogP contribution in [0.3, 0.4) is 0 Å². The van der Waals surface area contributed by atoms with E-state index in [1.165, 1.54) is 11.3 Å². The van der Waals surface area contributed by atoms with Crippen LogP contribution in [0.5, 0.6) is 0 Å². The van der Waals surface area contributed by atoms with Crippen LogP contribution in [0.25, 0.3) is 10.2 Å². The third kappa shape index (κ3) is 3.44. The first-order valence-electron chi connectivity index (χ1n) is 12.4. The number of H-pyrrole nitrogens is 1. The van der Waals surface area contributed by atoms with E-state index in [0.717, 1.165) is 58.9 Å². The second-order valence-corrected chi connectivity index (χ2v) is 12.9. The van der Waals surface area contributed by atoms with Gasteiger partial charge in [0.15, 0.2) is 5.78 Å². The summed E-state index contributed by atoms with van der Waals surface area (Å²) < 4.78 is 6.45. The Morgan fingerprint density at radius 3 is 2.50 bits per heavy atom. The number of fused-ring (bicyclic) bond motifs is 5. The molecule has 0 spiro atoms. The van der Waals surface area contributed by atoms with Crippen molar-refractivity contribution < 1.29 is 14.3 Å². The lowest BCUT2D eigenvalue weighted by Crippen LogP contribution is -2.37. The first kappa shape index (κ1) is 23.1. The maximum Gasteiger partial charge on any atom is 0.410 e. The lowest BCUT2D eigenvalue weighted by atomic mass is 9.71. The fourth-order valence-corrected chi connectivity index (χ4v) is 7.07. The van der Waals surface area contributed by atoms with Gasteiger partial charge >= 0.3 is 6.09 Å². The predicted molar refractivity (Wildman–Crippen MR) is 140 cm³/mol. The Morgan fingerprint density at radius 2 is 1.86 bits per heavy atom. The number of ketones is 1. The number of carbonyl (C=O) groups excluding carboxylic acids is 2. The number of rotatable bonds is 1. The smallest absolute Gasteiger partial charge is 0.410 e. The van der Waals surface area contributed by atoms with Crippen LogP contribution in [-0.4, -0.2) is 53.5 Å². The van der Waals surface area contributed by atoms with Crippen molar-refractivity contribution in [2.24, 2.45) is 11.8 Å². The molecule has 2 saturated heterocycles. The Morgan fingerprint density at radius 1 is 1.17 bits per heavy atom. The molecule has 3 aromatic rings. The Bertz CT molecular complexity index is 1450. The molecule has 2 fully saturated rings. The summed E-state index contributed by atoms with van der Waals surface area (Å²) in [6.07, 6.45) is -0.221. The molecule has 7 nitrogen and oxygen atoms in total. The molecular weight excluding hydrogens is 472 g/mol. The van der Waals surface area contributed by atoms with Crippen LogP contribution in [-0.2, 0) is 10.2 Å². The molecule has 1 amide bonds. The lowest BCUT2D eigenvalue weighted by molar-refractivity contribution is 0.0282. The van der Waals surface area contributed by atoms with E-state index in [4.69, 9.17) is 4.74 Å². The number of ether oxygens (including phenoxy) is 1. The maximum atomic E-state index is 13.6. The first-order chi connectivity index (χ1) is 17.0. The van der Waals surface area contributed by atoms with Crippen molar-refractivity contribution in [1.82, 2.24) is 9.88 Å². The second kappa shape index (κ2) is 7.59. The largest absolute Gasteiger partial charge is 0.444 e. The number of likely N-dealkylation sites (tertiary alicyclic amines) is 1. The van der Waals surface area contributed by atoms with Crippen molar-refractivity contribution >= 4 is 39.1 Å². The number of carbonyl (C=O) groups is 2. The van der Waals surface area contributed by atoms with E-state index in [0.29, 0.717) is 22.3 Å². The number of benzene rings is 1. The van der Waals surface area contributed by atoms with E-state index in [9.17, 15) is 14.9 Å². The number of nitrogens with one attached hydrogen (secondary N) is 1. The van der Waals surface area contributed by atoms with Crippen LogP contribution in [0.15, 0.2) is 24.3 Å². The van der Waals surface area contributed by atoms with Gasteiger partial charge in [-0.3, -0.25) is 4.79 Å². The van der Waals surface area contributed by atoms with Crippen molar-refractivity contribution in [3.63, 3.8) is 0 Å². The minimum Gasteiger partial charge on any atom is -0.444 e. The molecule has 1 aromatic carbocycles. The van der Waals surface area contributed by atoms with Crippen molar-refractivity contribution in [2.45, 2.75) is 45.6 Å². The molecule has 8 heteroatoms. The van der Waals surface area contributed by atoms with Crippen LogP contribution in [0.1, 0.15) is 66.7 Å². The summed E-state index contributed by atoms with van der Waals surface area (Å²) >= 11 is 1.38. The van der Waals surface area contributed by atoms with Crippen LogP contribution < -0.4 is 4.90 Å². The monoisotopic (exact) mass is 502 g/mol. The fraction of sp³-hybridized carbons (Fsp3) is 0.464. The third-order valence-electron chi connectivity index (χ3n) is 7.86. The van der Waals surface area contributed by atoms with E-state index >= 15 is 0 Å². The molecule has 2 aliphatic heterocycles.